The van der Waals surface area contributed by atoms with Crippen molar-refractivity contribution in [1.82, 2.24) is 15.1 Å². The molecule has 1 aromatic rings. The van der Waals surface area contributed by atoms with Crippen LogP contribution < -0.4 is 10.1 Å². The van der Waals surface area contributed by atoms with Crippen molar-refractivity contribution in [2.75, 3.05) is 46.4 Å². The summed E-state index contributed by atoms with van der Waals surface area (Å²) in [6, 6.07) is 9.61. The van der Waals surface area contributed by atoms with Gasteiger partial charge in [0.2, 0.25) is 0 Å². The van der Waals surface area contributed by atoms with Gasteiger partial charge in [0.15, 0.2) is 0 Å². The van der Waals surface area contributed by atoms with Crippen LogP contribution in [0.2, 0.25) is 0 Å². The van der Waals surface area contributed by atoms with Crippen LogP contribution in [-0.2, 0) is 0 Å². The summed E-state index contributed by atoms with van der Waals surface area (Å²) in [4.78, 5) is 15.9. The maximum absolute atomic E-state index is 11.9. The van der Waals surface area contributed by atoms with E-state index < -0.39 is 0 Å². The monoisotopic (exact) mass is 291 g/mol. The van der Waals surface area contributed by atoms with Gasteiger partial charge in [-0.25, -0.2) is 4.79 Å². The molecule has 5 nitrogen and oxygen atoms in total. The minimum absolute atomic E-state index is 0.0362. The summed E-state index contributed by atoms with van der Waals surface area (Å²) in [6.45, 7) is 5.06. The zero-order valence-corrected chi connectivity index (χ0v) is 12.8. The molecule has 1 heterocycles. The van der Waals surface area contributed by atoms with Gasteiger partial charge >= 0.3 is 6.03 Å². The number of urea groups is 1. The van der Waals surface area contributed by atoms with Crippen molar-refractivity contribution in [2.24, 2.45) is 0 Å². The van der Waals surface area contributed by atoms with Crippen LogP contribution in [0.1, 0.15) is 12.8 Å². The second-order valence-corrected chi connectivity index (χ2v) is 5.36. The molecule has 0 bridgehead atoms. The molecule has 1 aliphatic heterocycles. The number of carbonyl (C=O) groups excluding carboxylic acids is 1. The van der Waals surface area contributed by atoms with Gasteiger partial charge in [-0.05, 0) is 38.1 Å². The Balaban J connectivity index is 1.56. The second kappa shape index (κ2) is 8.52. The van der Waals surface area contributed by atoms with Gasteiger partial charge in [-0.2, -0.15) is 0 Å². The van der Waals surface area contributed by atoms with Gasteiger partial charge in [-0.3, -0.25) is 0 Å². The Morgan fingerprint density at radius 1 is 1.29 bits per heavy atom. The lowest BCUT2D eigenvalue weighted by atomic mass is 10.3. The van der Waals surface area contributed by atoms with Crippen LogP contribution in [0.25, 0.3) is 0 Å². The van der Waals surface area contributed by atoms with E-state index in [2.05, 4.69) is 10.2 Å². The smallest absolute Gasteiger partial charge is 0.317 e. The Bertz CT molecular complexity index is 419. The van der Waals surface area contributed by atoms with Gasteiger partial charge in [-0.1, -0.05) is 18.2 Å². The van der Waals surface area contributed by atoms with Crippen molar-refractivity contribution in [3.05, 3.63) is 30.3 Å². The molecule has 0 aromatic heterocycles. The summed E-state index contributed by atoms with van der Waals surface area (Å²) < 4.78 is 5.58. The Labute approximate surface area is 126 Å². The average Bonchev–Trinajstić information content (AvgIpc) is 3.01. The summed E-state index contributed by atoms with van der Waals surface area (Å²) >= 11 is 0. The normalized spacial score (nSPS) is 14.9. The Morgan fingerprint density at radius 3 is 2.71 bits per heavy atom. The number of ether oxygens (including phenoxy) is 1. The molecule has 2 amide bonds. The molecule has 1 N–H and O–H groups in total. The van der Waals surface area contributed by atoms with Crippen LogP contribution >= 0.6 is 0 Å². The molecule has 0 atom stereocenters. The number of para-hydroxylation sites is 1. The fraction of sp³-hybridized carbons (Fsp3) is 0.562. The molecular weight excluding hydrogens is 266 g/mol. The van der Waals surface area contributed by atoms with Crippen LogP contribution in [-0.4, -0.2) is 62.2 Å². The largest absolute Gasteiger partial charge is 0.492 e. The van der Waals surface area contributed by atoms with Gasteiger partial charge in [0.1, 0.15) is 12.4 Å². The van der Waals surface area contributed by atoms with Gasteiger partial charge in [-0.15, -0.1) is 0 Å². The summed E-state index contributed by atoms with van der Waals surface area (Å²) in [5.74, 6) is 0.834. The first kappa shape index (κ1) is 15.6. The number of hydrogen-bond donors (Lipinski definition) is 1. The highest BCUT2D eigenvalue weighted by molar-refractivity contribution is 5.73. The lowest BCUT2D eigenvalue weighted by Crippen LogP contribution is -2.42. The number of hydrogen-bond acceptors (Lipinski definition) is 3. The predicted octanol–water partition coefficient (Wildman–Crippen LogP) is 1.80. The highest BCUT2D eigenvalue weighted by Crippen LogP contribution is 2.08. The van der Waals surface area contributed by atoms with Crippen molar-refractivity contribution >= 4 is 6.03 Å². The third kappa shape index (κ3) is 5.63. The van der Waals surface area contributed by atoms with E-state index in [1.165, 1.54) is 12.8 Å². The standard InChI is InChI=1S/C16H25N3O2/c1-18(13-14-21-15-7-3-2-4-8-15)16(20)17-9-12-19-10-5-6-11-19/h2-4,7-8H,5-6,9-14H2,1H3,(H,17,20). The van der Waals surface area contributed by atoms with Crippen LogP contribution in [0, 0.1) is 0 Å². The fourth-order valence-electron chi connectivity index (χ4n) is 2.38. The molecule has 5 heteroatoms. The number of likely N-dealkylation sites (tertiary alicyclic amines) is 1. The molecule has 0 unspecified atom stereocenters. The quantitative estimate of drug-likeness (QED) is 0.833. The van der Waals surface area contributed by atoms with Gasteiger partial charge in [0.25, 0.3) is 0 Å². The van der Waals surface area contributed by atoms with Gasteiger partial charge < -0.3 is 19.9 Å². The maximum Gasteiger partial charge on any atom is 0.317 e. The van der Waals surface area contributed by atoms with E-state index in [0.717, 1.165) is 25.4 Å². The number of carbonyl (C=O) groups is 1. The van der Waals surface area contributed by atoms with E-state index in [0.29, 0.717) is 19.7 Å². The van der Waals surface area contributed by atoms with E-state index in [1.807, 2.05) is 30.3 Å². The minimum atomic E-state index is -0.0362. The van der Waals surface area contributed by atoms with Crippen LogP contribution in [0.15, 0.2) is 30.3 Å². The zero-order valence-electron chi connectivity index (χ0n) is 12.8. The van der Waals surface area contributed by atoms with Crippen LogP contribution in [0.4, 0.5) is 4.79 Å². The first-order valence-electron chi connectivity index (χ1n) is 7.65. The molecule has 2 rings (SSSR count). The van der Waals surface area contributed by atoms with Crippen molar-refractivity contribution in [2.45, 2.75) is 12.8 Å². The Kier molecular flexibility index (Phi) is 6.34. The molecule has 1 aromatic carbocycles. The summed E-state index contributed by atoms with van der Waals surface area (Å²) in [5, 5.41) is 2.95. The third-order valence-corrected chi connectivity index (χ3v) is 3.69. The second-order valence-electron chi connectivity index (χ2n) is 5.36. The van der Waals surface area contributed by atoms with Gasteiger partial charge in [0.05, 0.1) is 6.54 Å². The zero-order chi connectivity index (χ0) is 14.9. The van der Waals surface area contributed by atoms with E-state index >= 15 is 0 Å². The lowest BCUT2D eigenvalue weighted by Gasteiger charge is -2.20. The van der Waals surface area contributed by atoms with E-state index in [-0.39, 0.29) is 6.03 Å². The maximum atomic E-state index is 11.9. The Morgan fingerprint density at radius 2 is 2.00 bits per heavy atom. The number of nitrogens with one attached hydrogen (secondary N) is 1. The van der Waals surface area contributed by atoms with Crippen molar-refractivity contribution in [1.29, 1.82) is 0 Å². The highest BCUT2D eigenvalue weighted by Gasteiger charge is 2.12. The lowest BCUT2D eigenvalue weighted by molar-refractivity contribution is 0.194. The average molecular weight is 291 g/mol. The predicted molar refractivity (Wildman–Crippen MR) is 83.6 cm³/mol. The molecule has 21 heavy (non-hydrogen) atoms. The first-order chi connectivity index (χ1) is 10.3. The minimum Gasteiger partial charge on any atom is -0.492 e. The molecule has 0 aliphatic carbocycles. The van der Waals surface area contributed by atoms with Crippen LogP contribution in [0.3, 0.4) is 0 Å². The Hall–Kier alpha value is -1.75. The van der Waals surface area contributed by atoms with Gasteiger partial charge in [0, 0.05) is 20.1 Å². The molecule has 0 radical (unpaired) electrons. The number of rotatable bonds is 7. The van der Waals surface area contributed by atoms with E-state index in [9.17, 15) is 4.79 Å². The molecule has 0 saturated carbocycles. The highest BCUT2D eigenvalue weighted by atomic mass is 16.5. The number of benzene rings is 1. The SMILES string of the molecule is CN(CCOc1ccccc1)C(=O)NCCN1CCCC1. The molecule has 116 valence electrons. The van der Waals surface area contributed by atoms with Crippen molar-refractivity contribution in [3.63, 3.8) is 0 Å². The molecular formula is C16H25N3O2. The topological polar surface area (TPSA) is 44.8 Å². The fourth-order valence-corrected chi connectivity index (χ4v) is 2.38. The first-order valence-corrected chi connectivity index (χ1v) is 7.65. The van der Waals surface area contributed by atoms with E-state index in [1.54, 1.807) is 11.9 Å². The van der Waals surface area contributed by atoms with Crippen molar-refractivity contribution < 1.29 is 9.53 Å². The van der Waals surface area contributed by atoms with Crippen molar-refractivity contribution in [3.8, 4) is 5.75 Å². The summed E-state index contributed by atoms with van der Waals surface area (Å²) in [7, 11) is 1.79. The molecule has 1 aliphatic rings. The summed E-state index contributed by atoms with van der Waals surface area (Å²) in [6.07, 6.45) is 2.56. The molecule has 0 spiro atoms. The number of likely N-dealkylation sites (N-methyl/N-ethyl adjacent to an activating group) is 1. The van der Waals surface area contributed by atoms with Crippen LogP contribution in [0.5, 0.6) is 5.75 Å². The van der Waals surface area contributed by atoms with E-state index in [4.69, 9.17) is 4.74 Å². The molecule has 1 saturated heterocycles. The third-order valence-electron chi connectivity index (χ3n) is 3.69. The molecule has 1 fully saturated rings. The number of nitrogens with zero attached hydrogens (tertiary/aromatic N) is 2. The number of amides is 2. The summed E-state index contributed by atoms with van der Waals surface area (Å²) in [5.41, 5.74) is 0.